The maximum Gasteiger partial charge on any atom is 0.240 e. The fourth-order valence-corrected chi connectivity index (χ4v) is 1.74. The molecule has 6 nitrogen and oxygen atoms in total. The Labute approximate surface area is 128 Å². The molecule has 2 aromatic rings. The van der Waals surface area contributed by atoms with Gasteiger partial charge >= 0.3 is 0 Å². The van der Waals surface area contributed by atoms with Crippen LogP contribution in [0.4, 0.5) is 5.69 Å². The maximum atomic E-state index is 11.8. The van der Waals surface area contributed by atoms with Crippen LogP contribution in [0.5, 0.6) is 0 Å². The Morgan fingerprint density at radius 1 is 1.14 bits per heavy atom. The first kappa shape index (κ1) is 15.5. The zero-order chi connectivity index (χ0) is 15.8. The Morgan fingerprint density at radius 3 is 2.64 bits per heavy atom. The summed E-state index contributed by atoms with van der Waals surface area (Å²) in [7, 11) is 0. The standard InChI is InChI=1S/C16H17N3O3/c1-12-5-2-3-7-14(12)18-15(20)8-9-16(21)19-17-11-13-6-4-10-22-13/h2-7,10-11H,8-9H2,1H3,(H,18,20)(H,19,21)/b17-11+. The van der Waals surface area contributed by atoms with E-state index in [0.29, 0.717) is 5.76 Å². The lowest BCUT2D eigenvalue weighted by atomic mass is 10.2. The molecule has 1 aromatic carbocycles. The molecule has 0 unspecified atom stereocenters. The van der Waals surface area contributed by atoms with Gasteiger partial charge in [0.15, 0.2) is 0 Å². The number of benzene rings is 1. The van der Waals surface area contributed by atoms with E-state index in [2.05, 4.69) is 15.8 Å². The van der Waals surface area contributed by atoms with Crippen LogP contribution in [0.15, 0.2) is 52.2 Å². The van der Waals surface area contributed by atoms with Gasteiger partial charge in [-0.3, -0.25) is 9.59 Å². The van der Waals surface area contributed by atoms with Crippen LogP contribution in [0.3, 0.4) is 0 Å². The zero-order valence-corrected chi connectivity index (χ0v) is 12.2. The minimum Gasteiger partial charge on any atom is -0.463 e. The van der Waals surface area contributed by atoms with Gasteiger partial charge in [-0.05, 0) is 30.7 Å². The van der Waals surface area contributed by atoms with E-state index in [4.69, 9.17) is 4.42 Å². The number of nitrogens with one attached hydrogen (secondary N) is 2. The van der Waals surface area contributed by atoms with E-state index in [9.17, 15) is 9.59 Å². The van der Waals surface area contributed by atoms with Gasteiger partial charge in [-0.1, -0.05) is 18.2 Å². The summed E-state index contributed by atoms with van der Waals surface area (Å²) < 4.78 is 5.03. The van der Waals surface area contributed by atoms with Crippen LogP contribution >= 0.6 is 0 Å². The third-order valence-electron chi connectivity index (χ3n) is 2.92. The van der Waals surface area contributed by atoms with E-state index >= 15 is 0 Å². The smallest absolute Gasteiger partial charge is 0.240 e. The van der Waals surface area contributed by atoms with Crippen molar-refractivity contribution >= 4 is 23.7 Å². The molecule has 1 aromatic heterocycles. The molecule has 0 saturated carbocycles. The van der Waals surface area contributed by atoms with E-state index in [-0.39, 0.29) is 24.7 Å². The molecule has 0 bridgehead atoms. The lowest BCUT2D eigenvalue weighted by Gasteiger charge is -2.07. The predicted molar refractivity (Wildman–Crippen MR) is 83.5 cm³/mol. The van der Waals surface area contributed by atoms with Crippen LogP contribution in [0.1, 0.15) is 24.2 Å². The molecule has 0 aliphatic carbocycles. The quantitative estimate of drug-likeness (QED) is 0.635. The number of para-hydroxylation sites is 1. The van der Waals surface area contributed by atoms with Gasteiger partial charge in [0.2, 0.25) is 11.8 Å². The SMILES string of the molecule is Cc1ccccc1NC(=O)CCC(=O)N/N=C/c1ccco1. The van der Waals surface area contributed by atoms with Crippen LogP contribution in [0.2, 0.25) is 0 Å². The molecule has 0 aliphatic heterocycles. The van der Waals surface area contributed by atoms with Crippen molar-refractivity contribution in [3.63, 3.8) is 0 Å². The molecule has 0 aliphatic rings. The van der Waals surface area contributed by atoms with Crippen molar-refractivity contribution in [1.29, 1.82) is 0 Å². The highest BCUT2D eigenvalue weighted by Gasteiger charge is 2.07. The van der Waals surface area contributed by atoms with Crippen LogP contribution in [0, 0.1) is 6.92 Å². The average molecular weight is 299 g/mol. The number of aryl methyl sites for hydroxylation is 1. The molecule has 0 radical (unpaired) electrons. The van der Waals surface area contributed by atoms with E-state index in [1.807, 2.05) is 31.2 Å². The number of rotatable bonds is 6. The minimum atomic E-state index is -0.331. The van der Waals surface area contributed by atoms with Gasteiger partial charge in [-0.15, -0.1) is 0 Å². The molecule has 114 valence electrons. The van der Waals surface area contributed by atoms with E-state index in [0.717, 1.165) is 11.3 Å². The summed E-state index contributed by atoms with van der Waals surface area (Å²) in [6.45, 7) is 1.91. The molecular weight excluding hydrogens is 282 g/mol. The number of anilines is 1. The number of hydrogen-bond acceptors (Lipinski definition) is 4. The zero-order valence-electron chi connectivity index (χ0n) is 12.2. The lowest BCUT2D eigenvalue weighted by Crippen LogP contribution is -2.20. The molecule has 2 amide bonds. The van der Waals surface area contributed by atoms with Crippen molar-refractivity contribution in [2.45, 2.75) is 19.8 Å². The molecule has 0 atom stereocenters. The van der Waals surface area contributed by atoms with Crippen LogP contribution in [-0.4, -0.2) is 18.0 Å². The van der Waals surface area contributed by atoms with Crippen molar-refractivity contribution in [2.75, 3.05) is 5.32 Å². The Balaban J connectivity index is 1.72. The first-order chi connectivity index (χ1) is 10.6. The van der Waals surface area contributed by atoms with E-state index < -0.39 is 0 Å². The van der Waals surface area contributed by atoms with Gasteiger partial charge in [-0.2, -0.15) is 5.10 Å². The number of nitrogens with zero attached hydrogens (tertiary/aromatic N) is 1. The predicted octanol–water partition coefficient (Wildman–Crippen LogP) is 2.46. The Kier molecular flexibility index (Phi) is 5.48. The topological polar surface area (TPSA) is 83.7 Å². The monoisotopic (exact) mass is 299 g/mol. The Bertz CT molecular complexity index is 663. The number of hydrogen-bond donors (Lipinski definition) is 2. The van der Waals surface area contributed by atoms with E-state index in [1.54, 1.807) is 12.1 Å². The molecular formula is C16H17N3O3. The normalized spacial score (nSPS) is 10.6. The maximum absolute atomic E-state index is 11.8. The summed E-state index contributed by atoms with van der Waals surface area (Å²) in [4.78, 5) is 23.3. The second kappa shape index (κ2) is 7.78. The minimum absolute atomic E-state index is 0.0627. The fourth-order valence-electron chi connectivity index (χ4n) is 1.74. The summed E-state index contributed by atoms with van der Waals surface area (Å²) in [6, 6.07) is 10.9. The summed E-state index contributed by atoms with van der Waals surface area (Å²) in [5.74, 6) is -0.000185. The molecule has 0 saturated heterocycles. The highest BCUT2D eigenvalue weighted by molar-refractivity contribution is 5.93. The van der Waals surface area contributed by atoms with Gasteiger partial charge in [0, 0.05) is 18.5 Å². The number of amides is 2. The van der Waals surface area contributed by atoms with Crippen LogP contribution < -0.4 is 10.7 Å². The van der Waals surface area contributed by atoms with E-state index in [1.165, 1.54) is 12.5 Å². The highest BCUT2D eigenvalue weighted by atomic mass is 16.3. The van der Waals surface area contributed by atoms with Crippen molar-refractivity contribution in [3.05, 3.63) is 54.0 Å². The summed E-state index contributed by atoms with van der Waals surface area (Å²) >= 11 is 0. The second-order valence-corrected chi connectivity index (χ2v) is 4.67. The van der Waals surface area contributed by atoms with Crippen LogP contribution in [-0.2, 0) is 9.59 Å². The average Bonchev–Trinajstić information content (AvgIpc) is 3.01. The molecule has 2 N–H and O–H groups in total. The highest BCUT2D eigenvalue weighted by Crippen LogP contribution is 2.13. The fraction of sp³-hybridized carbons (Fsp3) is 0.188. The first-order valence-corrected chi connectivity index (χ1v) is 6.86. The molecule has 0 fully saturated rings. The Morgan fingerprint density at radius 2 is 1.91 bits per heavy atom. The number of hydrazone groups is 1. The van der Waals surface area contributed by atoms with Crippen LogP contribution in [0.25, 0.3) is 0 Å². The molecule has 2 rings (SSSR count). The molecule has 22 heavy (non-hydrogen) atoms. The Hall–Kier alpha value is -2.89. The number of carbonyl (C=O) groups excluding carboxylic acids is 2. The first-order valence-electron chi connectivity index (χ1n) is 6.86. The largest absolute Gasteiger partial charge is 0.463 e. The summed E-state index contributed by atoms with van der Waals surface area (Å²) in [5, 5.41) is 6.51. The van der Waals surface area contributed by atoms with Crippen molar-refractivity contribution in [2.24, 2.45) is 5.10 Å². The third-order valence-corrected chi connectivity index (χ3v) is 2.92. The van der Waals surface area contributed by atoms with Gasteiger partial charge in [0.25, 0.3) is 0 Å². The van der Waals surface area contributed by atoms with Gasteiger partial charge in [-0.25, -0.2) is 5.43 Å². The summed E-state index contributed by atoms with van der Waals surface area (Å²) in [5.41, 5.74) is 4.07. The third kappa shape index (κ3) is 4.90. The molecule has 0 spiro atoms. The molecule has 6 heteroatoms. The van der Waals surface area contributed by atoms with Gasteiger partial charge < -0.3 is 9.73 Å². The van der Waals surface area contributed by atoms with Gasteiger partial charge in [0.05, 0.1) is 12.5 Å². The van der Waals surface area contributed by atoms with Crippen molar-refractivity contribution < 1.29 is 14.0 Å². The summed E-state index contributed by atoms with van der Waals surface area (Å²) in [6.07, 6.45) is 3.06. The molecule has 1 heterocycles. The van der Waals surface area contributed by atoms with Gasteiger partial charge in [0.1, 0.15) is 5.76 Å². The lowest BCUT2D eigenvalue weighted by molar-refractivity contribution is -0.124. The van der Waals surface area contributed by atoms with Crippen molar-refractivity contribution in [1.82, 2.24) is 5.43 Å². The second-order valence-electron chi connectivity index (χ2n) is 4.67. The van der Waals surface area contributed by atoms with Crippen molar-refractivity contribution in [3.8, 4) is 0 Å². The number of carbonyl (C=O) groups is 2. The number of furan rings is 1.